The van der Waals surface area contributed by atoms with Gasteiger partial charge in [0.15, 0.2) is 0 Å². The van der Waals surface area contributed by atoms with Gasteiger partial charge >= 0.3 is 0 Å². The first-order chi connectivity index (χ1) is 12.7. The lowest BCUT2D eigenvalue weighted by Crippen LogP contribution is -2.19. The molecule has 0 bridgehead atoms. The zero-order valence-electron chi connectivity index (χ0n) is 14.1. The molecule has 3 aromatic rings. The Hall–Kier alpha value is -3.20. The van der Waals surface area contributed by atoms with E-state index in [1.54, 1.807) is 6.20 Å². The molecule has 1 aromatic carbocycles. The molecular weight excluding hydrogens is 336 g/mol. The van der Waals surface area contributed by atoms with Crippen LogP contribution >= 0.6 is 0 Å². The highest BCUT2D eigenvalue weighted by atomic mass is 16.5. The molecule has 1 aliphatic rings. The van der Waals surface area contributed by atoms with Crippen molar-refractivity contribution in [2.45, 2.75) is 18.9 Å². The number of rotatable bonds is 4. The zero-order chi connectivity index (χ0) is 18.4. The molecule has 1 fully saturated rings. The van der Waals surface area contributed by atoms with E-state index in [0.717, 1.165) is 54.0 Å². The Kier molecular flexibility index (Phi) is 5.59. The topological polar surface area (TPSA) is 139 Å². The highest BCUT2D eigenvalue weighted by Gasteiger charge is 2.16. The third kappa shape index (κ3) is 4.06. The molecule has 9 nitrogen and oxygen atoms in total. The van der Waals surface area contributed by atoms with E-state index in [-0.39, 0.29) is 18.5 Å². The molecule has 1 saturated heterocycles. The van der Waals surface area contributed by atoms with Crippen LogP contribution in [0.2, 0.25) is 0 Å². The fraction of sp³-hybridized carbons (Fsp3) is 0.294. The maximum Gasteiger partial charge on any atom is 0.290 e. The fourth-order valence-corrected chi connectivity index (χ4v) is 2.88. The molecule has 26 heavy (non-hydrogen) atoms. The Morgan fingerprint density at radius 2 is 2.23 bits per heavy atom. The zero-order valence-corrected chi connectivity index (χ0v) is 14.1. The van der Waals surface area contributed by atoms with Crippen LogP contribution in [0.25, 0.3) is 22.2 Å². The van der Waals surface area contributed by atoms with Crippen LogP contribution in [-0.4, -0.2) is 51.0 Å². The molecule has 3 heterocycles. The summed E-state index contributed by atoms with van der Waals surface area (Å²) in [4.78, 5) is 17.0. The number of hydrogen-bond donors (Lipinski definition) is 4. The highest BCUT2D eigenvalue weighted by molar-refractivity contribution is 5.92. The quantitative estimate of drug-likeness (QED) is 0.520. The number of anilines is 2. The van der Waals surface area contributed by atoms with Gasteiger partial charge in [0.2, 0.25) is 5.95 Å². The van der Waals surface area contributed by atoms with Crippen LogP contribution in [0.3, 0.4) is 0 Å². The first kappa shape index (κ1) is 17.6. The van der Waals surface area contributed by atoms with Crippen LogP contribution in [0.5, 0.6) is 0 Å². The second-order valence-corrected chi connectivity index (χ2v) is 5.75. The number of aromatic amines is 1. The molecule has 136 valence electrons. The van der Waals surface area contributed by atoms with Gasteiger partial charge in [0.25, 0.3) is 6.47 Å². The lowest BCUT2D eigenvalue weighted by molar-refractivity contribution is -0.122. The van der Waals surface area contributed by atoms with Crippen molar-refractivity contribution in [1.29, 1.82) is 0 Å². The van der Waals surface area contributed by atoms with Crippen molar-refractivity contribution in [3.63, 3.8) is 0 Å². The lowest BCUT2D eigenvalue weighted by atomic mass is 10.1. The summed E-state index contributed by atoms with van der Waals surface area (Å²) in [5, 5.41) is 18.1. The molecule has 1 aliphatic heterocycles. The maximum atomic E-state index is 8.36. The van der Waals surface area contributed by atoms with Crippen molar-refractivity contribution in [2.24, 2.45) is 0 Å². The average Bonchev–Trinajstić information content (AvgIpc) is 3.33. The number of hydrogen-bond acceptors (Lipinski definition) is 7. The van der Waals surface area contributed by atoms with Crippen LogP contribution in [0.1, 0.15) is 12.8 Å². The average molecular weight is 356 g/mol. The van der Waals surface area contributed by atoms with Gasteiger partial charge in [0.05, 0.1) is 17.3 Å². The molecule has 5 N–H and O–H groups in total. The van der Waals surface area contributed by atoms with E-state index in [4.69, 9.17) is 20.4 Å². The second-order valence-electron chi connectivity index (χ2n) is 5.75. The van der Waals surface area contributed by atoms with Gasteiger partial charge in [-0.2, -0.15) is 10.1 Å². The number of nitrogens with two attached hydrogens (primary N) is 1. The summed E-state index contributed by atoms with van der Waals surface area (Å²) >= 11 is 0. The summed E-state index contributed by atoms with van der Waals surface area (Å²) < 4.78 is 5.64. The van der Waals surface area contributed by atoms with Gasteiger partial charge in [-0.05, 0) is 31.0 Å². The van der Waals surface area contributed by atoms with Crippen LogP contribution in [-0.2, 0) is 9.53 Å². The van der Waals surface area contributed by atoms with Gasteiger partial charge in [0, 0.05) is 30.3 Å². The van der Waals surface area contributed by atoms with Crippen molar-refractivity contribution >= 4 is 29.1 Å². The lowest BCUT2D eigenvalue weighted by Gasteiger charge is -2.13. The van der Waals surface area contributed by atoms with Crippen LogP contribution in [0, 0.1) is 0 Å². The van der Waals surface area contributed by atoms with E-state index >= 15 is 0 Å². The van der Waals surface area contributed by atoms with Gasteiger partial charge in [-0.25, -0.2) is 4.98 Å². The summed E-state index contributed by atoms with van der Waals surface area (Å²) in [5.41, 5.74) is 8.62. The van der Waals surface area contributed by atoms with Gasteiger partial charge in [-0.3, -0.25) is 9.89 Å². The summed E-state index contributed by atoms with van der Waals surface area (Å²) in [5.74, 6) is 1.01. The molecule has 4 rings (SSSR count). The molecule has 0 aliphatic carbocycles. The largest absolute Gasteiger partial charge is 0.483 e. The van der Waals surface area contributed by atoms with Crippen molar-refractivity contribution in [3.8, 4) is 11.3 Å². The third-order valence-electron chi connectivity index (χ3n) is 4.05. The van der Waals surface area contributed by atoms with Gasteiger partial charge in [0.1, 0.15) is 5.82 Å². The van der Waals surface area contributed by atoms with Crippen molar-refractivity contribution in [2.75, 3.05) is 24.2 Å². The maximum absolute atomic E-state index is 8.36. The van der Waals surface area contributed by atoms with E-state index in [9.17, 15) is 0 Å². The minimum atomic E-state index is -0.250. The molecule has 9 heteroatoms. The Morgan fingerprint density at radius 3 is 2.92 bits per heavy atom. The van der Waals surface area contributed by atoms with E-state index < -0.39 is 0 Å². The predicted molar refractivity (Wildman–Crippen MR) is 97.7 cm³/mol. The second kappa shape index (κ2) is 8.26. The molecule has 0 saturated carbocycles. The Bertz CT molecular complexity index is 862. The first-order valence-corrected chi connectivity index (χ1v) is 8.21. The van der Waals surface area contributed by atoms with Gasteiger partial charge in [-0.1, -0.05) is 6.07 Å². The minimum absolute atomic E-state index is 0.241. The number of nitrogen functional groups attached to an aromatic ring is 1. The van der Waals surface area contributed by atoms with Crippen LogP contribution in [0.4, 0.5) is 11.8 Å². The SMILES string of the molecule is Nc1nc(NC[C@@H]2CCCO2)c2ccc(-c3ccn[nH]3)cc2n1.O=CO. The van der Waals surface area contributed by atoms with Crippen molar-refractivity contribution in [3.05, 3.63) is 30.5 Å². The normalized spacial score (nSPS) is 16.1. The number of benzene rings is 1. The Morgan fingerprint density at radius 1 is 1.38 bits per heavy atom. The molecule has 1 atom stereocenters. The number of nitrogens with one attached hydrogen (secondary N) is 2. The summed E-state index contributed by atoms with van der Waals surface area (Å²) in [6.07, 6.45) is 4.16. The van der Waals surface area contributed by atoms with E-state index in [0.29, 0.717) is 0 Å². The van der Waals surface area contributed by atoms with E-state index in [2.05, 4.69) is 25.5 Å². The number of ether oxygens (including phenoxy) is 1. The van der Waals surface area contributed by atoms with Crippen molar-refractivity contribution < 1.29 is 14.6 Å². The number of fused-ring (bicyclic) bond motifs is 1. The van der Waals surface area contributed by atoms with Gasteiger partial charge < -0.3 is 20.9 Å². The van der Waals surface area contributed by atoms with E-state index in [1.807, 2.05) is 24.3 Å². The number of carbonyl (C=O) groups is 1. The smallest absolute Gasteiger partial charge is 0.290 e. The highest BCUT2D eigenvalue weighted by Crippen LogP contribution is 2.26. The molecule has 0 unspecified atom stereocenters. The monoisotopic (exact) mass is 356 g/mol. The molecule has 2 aromatic heterocycles. The Labute approximate surface area is 149 Å². The minimum Gasteiger partial charge on any atom is -0.483 e. The third-order valence-corrected chi connectivity index (χ3v) is 4.05. The van der Waals surface area contributed by atoms with E-state index in [1.165, 1.54) is 0 Å². The van der Waals surface area contributed by atoms with Gasteiger partial charge in [-0.15, -0.1) is 0 Å². The fourth-order valence-electron chi connectivity index (χ4n) is 2.88. The standard InChI is InChI=1S/C16H18N6O.CH2O2/c17-16-20-14-8-10(13-5-6-19-22-13)3-4-12(14)15(21-16)18-9-11-2-1-7-23-11;2-1-3/h3-6,8,11H,1-2,7,9H2,(H,19,22)(H3,17,18,20,21);1H,(H,2,3)/t11-;/m0./s1. The Balaban J connectivity index is 0.000000613. The molecule has 0 radical (unpaired) electrons. The van der Waals surface area contributed by atoms with Crippen LogP contribution < -0.4 is 11.1 Å². The number of carboxylic acid groups (broad SMARTS) is 1. The predicted octanol–water partition coefficient (Wildman–Crippen LogP) is 1.89. The molecule has 0 amide bonds. The summed E-state index contributed by atoms with van der Waals surface area (Å²) in [6, 6.07) is 7.93. The molecule has 0 spiro atoms. The van der Waals surface area contributed by atoms with Crippen LogP contribution in [0.15, 0.2) is 30.5 Å². The number of nitrogens with zero attached hydrogens (tertiary/aromatic N) is 3. The first-order valence-electron chi connectivity index (χ1n) is 8.21. The number of H-pyrrole nitrogens is 1. The summed E-state index contributed by atoms with van der Waals surface area (Å²) in [6.45, 7) is 1.32. The number of aromatic nitrogens is 4. The molecular formula is C17H20N6O3. The van der Waals surface area contributed by atoms with Crippen molar-refractivity contribution in [1.82, 2.24) is 20.2 Å². The summed E-state index contributed by atoms with van der Waals surface area (Å²) in [7, 11) is 0.